The van der Waals surface area contributed by atoms with Gasteiger partial charge in [0.1, 0.15) is 11.4 Å². The van der Waals surface area contributed by atoms with Crippen molar-refractivity contribution in [1.82, 2.24) is 9.80 Å². The van der Waals surface area contributed by atoms with Gasteiger partial charge in [-0.1, -0.05) is 0 Å². The Bertz CT molecular complexity index is 650. The molecule has 1 fully saturated rings. The van der Waals surface area contributed by atoms with E-state index in [0.717, 1.165) is 0 Å². The number of carbonyl (C=O) groups is 2. The topological polar surface area (TPSA) is 49.9 Å². The van der Waals surface area contributed by atoms with Gasteiger partial charge in [-0.2, -0.15) is 0 Å². The Hall–Kier alpha value is -1.63. The zero-order valence-corrected chi connectivity index (χ0v) is 15.9. The minimum Gasteiger partial charge on any atom is -0.444 e. The van der Waals surface area contributed by atoms with E-state index in [1.165, 1.54) is 6.07 Å². The third-order valence-electron chi connectivity index (χ3n) is 3.72. The van der Waals surface area contributed by atoms with Gasteiger partial charge < -0.3 is 14.5 Å². The number of hydrogen-bond donors (Lipinski definition) is 0. The van der Waals surface area contributed by atoms with E-state index in [1.54, 1.807) is 22.8 Å². The van der Waals surface area contributed by atoms with Gasteiger partial charge in [-0.05, 0) is 61.3 Å². The van der Waals surface area contributed by atoms with Crippen LogP contribution >= 0.6 is 15.9 Å². The summed E-state index contributed by atoms with van der Waals surface area (Å²) in [6.07, 6.45) is -0.375. The molecular formula is C17H22BrFN2O3. The summed E-state index contributed by atoms with van der Waals surface area (Å²) in [5.74, 6) is -0.681. The molecule has 0 aliphatic carbocycles. The monoisotopic (exact) mass is 400 g/mol. The predicted molar refractivity (Wildman–Crippen MR) is 92.5 cm³/mol. The highest BCUT2D eigenvalue weighted by atomic mass is 79.9. The van der Waals surface area contributed by atoms with E-state index in [9.17, 15) is 14.0 Å². The first-order chi connectivity index (χ1) is 11.1. The molecule has 1 heterocycles. The highest BCUT2D eigenvalue weighted by Crippen LogP contribution is 2.22. The number of hydrogen-bond acceptors (Lipinski definition) is 3. The fraction of sp³-hybridized carbons (Fsp3) is 0.529. The normalized spacial score (nSPS) is 15.4. The summed E-state index contributed by atoms with van der Waals surface area (Å²) >= 11 is 3.12. The lowest BCUT2D eigenvalue weighted by atomic mass is 10.1. The largest absolute Gasteiger partial charge is 0.444 e. The first-order valence-electron chi connectivity index (χ1n) is 7.81. The fourth-order valence-electron chi connectivity index (χ4n) is 2.47. The van der Waals surface area contributed by atoms with Crippen LogP contribution in [0.1, 0.15) is 36.7 Å². The van der Waals surface area contributed by atoms with E-state index >= 15 is 0 Å². The predicted octanol–water partition coefficient (Wildman–Crippen LogP) is 3.59. The molecule has 0 N–H and O–H groups in total. The Kier molecular flexibility index (Phi) is 5.52. The van der Waals surface area contributed by atoms with Crippen molar-refractivity contribution in [2.24, 2.45) is 0 Å². The SMILES string of the molecule is Cc1cc(Br)c(F)cc1C(=O)N1CCN(C(=O)OC(C)(C)C)CC1. The summed E-state index contributed by atoms with van der Waals surface area (Å²) in [5.41, 5.74) is 0.514. The summed E-state index contributed by atoms with van der Waals surface area (Å²) in [5, 5.41) is 0. The third kappa shape index (κ3) is 4.47. The lowest BCUT2D eigenvalue weighted by molar-refractivity contribution is 0.0140. The highest BCUT2D eigenvalue weighted by molar-refractivity contribution is 9.10. The van der Waals surface area contributed by atoms with E-state index in [0.29, 0.717) is 41.8 Å². The number of nitrogens with zero attached hydrogens (tertiary/aromatic N) is 2. The van der Waals surface area contributed by atoms with E-state index in [4.69, 9.17) is 4.74 Å². The molecule has 132 valence electrons. The standard InChI is InChI=1S/C17H22BrFN2O3/c1-11-9-13(18)14(19)10-12(11)15(22)20-5-7-21(8-6-20)16(23)24-17(2,3)4/h9-10H,5-8H2,1-4H3. The van der Waals surface area contributed by atoms with Gasteiger partial charge in [-0.25, -0.2) is 9.18 Å². The van der Waals surface area contributed by atoms with Crippen molar-refractivity contribution in [1.29, 1.82) is 0 Å². The van der Waals surface area contributed by atoms with Crippen molar-refractivity contribution >= 4 is 27.9 Å². The number of ether oxygens (including phenoxy) is 1. The van der Waals surface area contributed by atoms with Gasteiger partial charge in [0.15, 0.2) is 0 Å². The minimum absolute atomic E-state index is 0.220. The molecule has 1 aromatic rings. The molecule has 0 bridgehead atoms. The van der Waals surface area contributed by atoms with Crippen LogP contribution in [0.4, 0.5) is 9.18 Å². The molecule has 2 amide bonds. The summed E-state index contributed by atoms with van der Waals surface area (Å²) in [4.78, 5) is 27.9. The lowest BCUT2D eigenvalue weighted by Gasteiger charge is -2.35. The van der Waals surface area contributed by atoms with Gasteiger partial charge in [0, 0.05) is 31.7 Å². The number of rotatable bonds is 1. The molecule has 1 aromatic carbocycles. The number of piperazine rings is 1. The van der Waals surface area contributed by atoms with Crippen molar-refractivity contribution in [3.05, 3.63) is 33.5 Å². The van der Waals surface area contributed by atoms with Crippen LogP contribution in [0.5, 0.6) is 0 Å². The van der Waals surface area contributed by atoms with Crippen LogP contribution in [0.15, 0.2) is 16.6 Å². The van der Waals surface area contributed by atoms with Gasteiger partial charge in [-0.15, -0.1) is 0 Å². The molecule has 0 atom stereocenters. The summed E-state index contributed by atoms with van der Waals surface area (Å²) < 4.78 is 19.4. The highest BCUT2D eigenvalue weighted by Gasteiger charge is 2.28. The molecule has 1 saturated heterocycles. The minimum atomic E-state index is -0.546. The zero-order valence-electron chi connectivity index (χ0n) is 14.4. The van der Waals surface area contributed by atoms with Gasteiger partial charge in [0.25, 0.3) is 5.91 Å². The summed E-state index contributed by atoms with van der Waals surface area (Å²) in [6, 6.07) is 2.85. The van der Waals surface area contributed by atoms with Crippen molar-refractivity contribution in [2.75, 3.05) is 26.2 Å². The molecule has 0 spiro atoms. The van der Waals surface area contributed by atoms with Crippen molar-refractivity contribution in [3.63, 3.8) is 0 Å². The quantitative estimate of drug-likeness (QED) is 0.723. The lowest BCUT2D eigenvalue weighted by Crippen LogP contribution is -2.51. The number of amides is 2. The Morgan fingerprint density at radius 2 is 1.67 bits per heavy atom. The smallest absolute Gasteiger partial charge is 0.410 e. The average Bonchev–Trinajstić information content (AvgIpc) is 2.49. The van der Waals surface area contributed by atoms with E-state index in [1.807, 2.05) is 20.8 Å². The van der Waals surface area contributed by atoms with E-state index in [-0.39, 0.29) is 12.0 Å². The maximum atomic E-state index is 13.7. The van der Waals surface area contributed by atoms with Crippen LogP contribution in [-0.2, 0) is 4.74 Å². The van der Waals surface area contributed by atoms with Gasteiger partial charge >= 0.3 is 6.09 Å². The summed E-state index contributed by atoms with van der Waals surface area (Å²) in [7, 11) is 0. The zero-order chi connectivity index (χ0) is 18.1. The van der Waals surface area contributed by atoms with Crippen molar-refractivity contribution in [2.45, 2.75) is 33.3 Å². The maximum absolute atomic E-state index is 13.7. The second-order valence-electron chi connectivity index (χ2n) is 6.84. The average molecular weight is 401 g/mol. The molecule has 5 nitrogen and oxygen atoms in total. The first-order valence-corrected chi connectivity index (χ1v) is 8.60. The number of carbonyl (C=O) groups excluding carboxylic acids is 2. The van der Waals surface area contributed by atoms with Crippen LogP contribution < -0.4 is 0 Å². The van der Waals surface area contributed by atoms with Crippen LogP contribution in [0.2, 0.25) is 0 Å². The van der Waals surface area contributed by atoms with Gasteiger partial charge in [0.05, 0.1) is 4.47 Å². The number of benzene rings is 1. The van der Waals surface area contributed by atoms with Crippen LogP contribution in [0, 0.1) is 12.7 Å². The molecule has 0 aromatic heterocycles. The van der Waals surface area contributed by atoms with Crippen molar-refractivity contribution < 1.29 is 18.7 Å². The van der Waals surface area contributed by atoms with Gasteiger partial charge in [0.2, 0.25) is 0 Å². The molecule has 1 aliphatic heterocycles. The molecule has 1 aliphatic rings. The number of aryl methyl sites for hydroxylation is 1. The molecule has 0 saturated carbocycles. The van der Waals surface area contributed by atoms with Gasteiger partial charge in [-0.3, -0.25) is 4.79 Å². The number of halogens is 2. The van der Waals surface area contributed by atoms with Crippen LogP contribution in [0.25, 0.3) is 0 Å². The fourth-order valence-corrected chi connectivity index (χ4v) is 2.92. The van der Waals surface area contributed by atoms with E-state index in [2.05, 4.69) is 15.9 Å². The molecule has 2 rings (SSSR count). The Morgan fingerprint density at radius 1 is 1.12 bits per heavy atom. The molecule has 0 radical (unpaired) electrons. The Balaban J connectivity index is 2.01. The second-order valence-corrected chi connectivity index (χ2v) is 7.70. The summed E-state index contributed by atoms with van der Waals surface area (Å²) in [6.45, 7) is 8.82. The van der Waals surface area contributed by atoms with Crippen LogP contribution in [0.3, 0.4) is 0 Å². The van der Waals surface area contributed by atoms with Crippen LogP contribution in [-0.4, -0.2) is 53.6 Å². The Morgan fingerprint density at radius 3 is 2.21 bits per heavy atom. The third-order valence-corrected chi connectivity index (χ3v) is 4.32. The molecule has 7 heteroatoms. The maximum Gasteiger partial charge on any atom is 0.410 e. The second kappa shape index (κ2) is 7.09. The molecule has 24 heavy (non-hydrogen) atoms. The molecular weight excluding hydrogens is 379 g/mol. The molecule has 0 unspecified atom stereocenters. The van der Waals surface area contributed by atoms with E-state index < -0.39 is 11.4 Å². The first kappa shape index (κ1) is 18.7. The Labute approximate surface area is 149 Å². The van der Waals surface area contributed by atoms with Crippen molar-refractivity contribution in [3.8, 4) is 0 Å².